The summed E-state index contributed by atoms with van der Waals surface area (Å²) >= 11 is 3.61. The minimum Gasteiger partial charge on any atom is -0.391 e. The van der Waals surface area contributed by atoms with Gasteiger partial charge in [-0.1, -0.05) is 6.07 Å². The summed E-state index contributed by atoms with van der Waals surface area (Å²) in [4.78, 5) is 2.28. The summed E-state index contributed by atoms with van der Waals surface area (Å²) in [6.07, 6.45) is 0.607. The molecule has 1 unspecified atom stereocenters. The molecule has 0 radical (unpaired) electrons. The van der Waals surface area contributed by atoms with E-state index in [1.54, 1.807) is 0 Å². The quantitative estimate of drug-likeness (QED) is 0.856. The van der Waals surface area contributed by atoms with Crippen LogP contribution in [0.25, 0.3) is 0 Å². The molecular weight excluding hydrogens is 266 g/mol. The monoisotopic (exact) mass is 283 g/mol. The summed E-state index contributed by atoms with van der Waals surface area (Å²) in [6.45, 7) is 7.15. The number of aliphatic hydroxyl groups is 1. The van der Waals surface area contributed by atoms with Crippen LogP contribution in [0.5, 0.6) is 0 Å². The fourth-order valence-corrected chi connectivity index (χ4v) is 3.17. The third-order valence-electron chi connectivity index (χ3n) is 3.25. The van der Waals surface area contributed by atoms with Crippen LogP contribution in [0.2, 0.25) is 0 Å². The average molecular weight is 284 g/mol. The van der Waals surface area contributed by atoms with Crippen LogP contribution in [0, 0.1) is 6.92 Å². The summed E-state index contributed by atoms with van der Waals surface area (Å²) in [7, 11) is 0. The first kappa shape index (κ1) is 11.9. The van der Waals surface area contributed by atoms with Crippen LogP contribution in [0.1, 0.15) is 25.8 Å². The predicted molar refractivity (Wildman–Crippen MR) is 70.9 cm³/mol. The molecule has 1 aromatic carbocycles. The van der Waals surface area contributed by atoms with E-state index in [0.29, 0.717) is 6.54 Å². The van der Waals surface area contributed by atoms with Crippen LogP contribution in [0.3, 0.4) is 0 Å². The number of hydrogen-bond donors (Lipinski definition) is 1. The molecule has 1 aromatic rings. The Hall–Kier alpha value is -0.540. The maximum Gasteiger partial charge on any atom is 0.0737 e. The van der Waals surface area contributed by atoms with E-state index in [2.05, 4.69) is 59.8 Å². The van der Waals surface area contributed by atoms with Crippen molar-refractivity contribution in [2.45, 2.75) is 38.8 Å². The van der Waals surface area contributed by atoms with E-state index in [4.69, 9.17) is 0 Å². The van der Waals surface area contributed by atoms with Gasteiger partial charge in [0.05, 0.1) is 11.8 Å². The van der Waals surface area contributed by atoms with Crippen molar-refractivity contribution < 1.29 is 5.11 Å². The van der Waals surface area contributed by atoms with Crippen molar-refractivity contribution in [3.8, 4) is 0 Å². The van der Waals surface area contributed by atoms with Crippen molar-refractivity contribution in [1.29, 1.82) is 0 Å². The molecule has 3 heteroatoms. The highest BCUT2D eigenvalue weighted by molar-refractivity contribution is 9.10. The van der Waals surface area contributed by atoms with Crippen molar-refractivity contribution in [3.63, 3.8) is 0 Å². The molecule has 0 aliphatic carbocycles. The zero-order valence-corrected chi connectivity index (χ0v) is 11.6. The van der Waals surface area contributed by atoms with E-state index in [-0.39, 0.29) is 11.6 Å². The third-order valence-corrected chi connectivity index (χ3v) is 3.89. The number of benzene rings is 1. The highest BCUT2D eigenvalue weighted by Gasteiger charge is 2.38. The second kappa shape index (κ2) is 4.04. The normalized spacial score (nSPS) is 23.8. The summed E-state index contributed by atoms with van der Waals surface area (Å²) in [6, 6.07) is 6.36. The SMILES string of the molecule is Cc1ccc(N2CC(O)CC2(C)C)c(Br)c1. The highest BCUT2D eigenvalue weighted by Crippen LogP contribution is 2.37. The molecule has 0 aromatic heterocycles. The van der Waals surface area contributed by atoms with Gasteiger partial charge in [0, 0.05) is 16.6 Å². The van der Waals surface area contributed by atoms with E-state index in [1.165, 1.54) is 11.3 Å². The van der Waals surface area contributed by atoms with Crippen LogP contribution >= 0.6 is 15.9 Å². The van der Waals surface area contributed by atoms with Crippen LogP contribution in [-0.2, 0) is 0 Å². The summed E-state index contributed by atoms with van der Waals surface area (Å²) in [5.74, 6) is 0. The number of aryl methyl sites for hydroxylation is 1. The third kappa shape index (κ3) is 2.11. The Kier molecular flexibility index (Phi) is 3.01. The standard InChI is InChI=1S/C13H18BrNO/c1-9-4-5-12(11(14)6-9)15-8-10(16)7-13(15,2)3/h4-6,10,16H,7-8H2,1-3H3. The Morgan fingerprint density at radius 1 is 1.44 bits per heavy atom. The molecule has 1 aliphatic rings. The minimum absolute atomic E-state index is 0.0250. The van der Waals surface area contributed by atoms with Crippen molar-refractivity contribution in [2.75, 3.05) is 11.4 Å². The summed E-state index contributed by atoms with van der Waals surface area (Å²) in [5.41, 5.74) is 2.44. The van der Waals surface area contributed by atoms with Gasteiger partial charge in [0.1, 0.15) is 0 Å². The molecule has 2 nitrogen and oxygen atoms in total. The Bertz CT molecular complexity index is 403. The lowest BCUT2D eigenvalue weighted by atomic mass is 10.0. The van der Waals surface area contributed by atoms with Gasteiger partial charge >= 0.3 is 0 Å². The van der Waals surface area contributed by atoms with Gasteiger partial charge in [-0.25, -0.2) is 0 Å². The van der Waals surface area contributed by atoms with E-state index < -0.39 is 0 Å². The Morgan fingerprint density at radius 2 is 2.12 bits per heavy atom. The summed E-state index contributed by atoms with van der Waals surface area (Å²) in [5, 5.41) is 9.79. The van der Waals surface area contributed by atoms with E-state index in [9.17, 15) is 5.11 Å². The number of aliphatic hydroxyl groups excluding tert-OH is 1. The Labute approximate surface area is 105 Å². The lowest BCUT2D eigenvalue weighted by Crippen LogP contribution is -2.38. The smallest absolute Gasteiger partial charge is 0.0737 e. The average Bonchev–Trinajstić information content (AvgIpc) is 2.39. The number of halogens is 1. The van der Waals surface area contributed by atoms with Crippen molar-refractivity contribution in [3.05, 3.63) is 28.2 Å². The van der Waals surface area contributed by atoms with Gasteiger partial charge in [-0.05, 0) is 60.8 Å². The number of anilines is 1. The van der Waals surface area contributed by atoms with Gasteiger partial charge in [-0.3, -0.25) is 0 Å². The van der Waals surface area contributed by atoms with Crippen LogP contribution in [-0.4, -0.2) is 23.3 Å². The fraction of sp³-hybridized carbons (Fsp3) is 0.538. The molecule has 1 saturated heterocycles. The van der Waals surface area contributed by atoms with Gasteiger partial charge in [-0.2, -0.15) is 0 Å². The molecule has 0 amide bonds. The first-order chi connectivity index (χ1) is 7.40. The zero-order valence-electron chi connectivity index (χ0n) is 10.00. The van der Waals surface area contributed by atoms with Gasteiger partial charge in [0.25, 0.3) is 0 Å². The Morgan fingerprint density at radius 3 is 2.62 bits per heavy atom. The lowest BCUT2D eigenvalue weighted by molar-refractivity contribution is 0.188. The molecule has 2 rings (SSSR count). The van der Waals surface area contributed by atoms with Crippen LogP contribution in [0.4, 0.5) is 5.69 Å². The van der Waals surface area contributed by atoms with E-state index in [1.807, 2.05) is 0 Å². The molecule has 1 heterocycles. The lowest BCUT2D eigenvalue weighted by Gasteiger charge is -2.34. The number of nitrogens with zero attached hydrogens (tertiary/aromatic N) is 1. The number of rotatable bonds is 1. The second-order valence-corrected chi connectivity index (χ2v) is 6.09. The topological polar surface area (TPSA) is 23.5 Å². The largest absolute Gasteiger partial charge is 0.391 e. The zero-order chi connectivity index (χ0) is 11.9. The van der Waals surface area contributed by atoms with Gasteiger partial charge in [-0.15, -0.1) is 0 Å². The number of β-amino-alcohol motifs (C(OH)–C–C–N with tert-alkyl or cyclic N) is 1. The van der Waals surface area contributed by atoms with Crippen molar-refractivity contribution in [1.82, 2.24) is 0 Å². The van der Waals surface area contributed by atoms with Crippen LogP contribution < -0.4 is 4.90 Å². The predicted octanol–water partition coefficient (Wildman–Crippen LogP) is 3.11. The maximum absolute atomic E-state index is 9.79. The first-order valence-corrected chi connectivity index (χ1v) is 6.41. The minimum atomic E-state index is -0.219. The van der Waals surface area contributed by atoms with E-state index >= 15 is 0 Å². The highest BCUT2D eigenvalue weighted by atomic mass is 79.9. The molecule has 0 spiro atoms. The molecule has 1 aliphatic heterocycles. The van der Waals surface area contributed by atoms with Crippen molar-refractivity contribution >= 4 is 21.6 Å². The molecule has 88 valence electrons. The molecular formula is C13H18BrNO. The molecule has 0 bridgehead atoms. The van der Waals surface area contributed by atoms with Gasteiger partial charge in [0.15, 0.2) is 0 Å². The molecule has 16 heavy (non-hydrogen) atoms. The van der Waals surface area contributed by atoms with Crippen molar-refractivity contribution in [2.24, 2.45) is 0 Å². The first-order valence-electron chi connectivity index (χ1n) is 5.62. The molecule has 1 N–H and O–H groups in total. The second-order valence-electron chi connectivity index (χ2n) is 5.24. The fourth-order valence-electron chi connectivity index (χ4n) is 2.46. The van der Waals surface area contributed by atoms with Gasteiger partial charge in [0.2, 0.25) is 0 Å². The molecule has 1 atom stereocenters. The van der Waals surface area contributed by atoms with E-state index in [0.717, 1.165) is 10.9 Å². The maximum atomic E-state index is 9.79. The molecule has 0 saturated carbocycles. The Balaban J connectivity index is 2.37. The number of hydrogen-bond acceptors (Lipinski definition) is 2. The van der Waals surface area contributed by atoms with Crippen LogP contribution in [0.15, 0.2) is 22.7 Å². The summed E-state index contributed by atoms with van der Waals surface area (Å²) < 4.78 is 1.11. The molecule has 1 fully saturated rings. The van der Waals surface area contributed by atoms with Gasteiger partial charge < -0.3 is 10.0 Å².